The molecule has 25 heavy (non-hydrogen) atoms. The van der Waals surface area contributed by atoms with E-state index in [9.17, 15) is 14.7 Å². The fourth-order valence-electron chi connectivity index (χ4n) is 2.41. The number of benzene rings is 2. The van der Waals surface area contributed by atoms with Crippen LogP contribution in [-0.4, -0.2) is 16.9 Å². The fourth-order valence-corrected chi connectivity index (χ4v) is 2.41. The average Bonchev–Trinajstić information content (AvgIpc) is 2.56. The summed E-state index contributed by atoms with van der Waals surface area (Å²) >= 11 is 0. The van der Waals surface area contributed by atoms with Gasteiger partial charge in [0.1, 0.15) is 5.75 Å². The maximum Gasteiger partial charge on any atom is 0.257 e. The largest absolute Gasteiger partial charge is 0.505 e. The predicted octanol–water partition coefficient (Wildman–Crippen LogP) is 4.07. The van der Waals surface area contributed by atoms with E-state index < -0.39 is 11.8 Å². The SMILES string of the molecule is C=CC(=O)Nc1ccccc1C(=O)Nc1cccc(C(C)(C)C)c1O. The molecule has 0 aliphatic rings. The molecule has 2 aromatic rings. The van der Waals surface area contributed by atoms with Crippen LogP contribution in [0.2, 0.25) is 0 Å². The van der Waals surface area contributed by atoms with Gasteiger partial charge < -0.3 is 15.7 Å². The molecule has 3 N–H and O–H groups in total. The van der Waals surface area contributed by atoms with Gasteiger partial charge in [0.05, 0.1) is 16.9 Å². The van der Waals surface area contributed by atoms with Gasteiger partial charge in [0, 0.05) is 5.56 Å². The molecule has 0 bridgehead atoms. The Bertz CT molecular complexity index is 820. The molecule has 0 aliphatic carbocycles. The summed E-state index contributed by atoms with van der Waals surface area (Å²) < 4.78 is 0. The third-order valence-corrected chi connectivity index (χ3v) is 3.71. The quantitative estimate of drug-likeness (QED) is 0.581. The van der Waals surface area contributed by atoms with Gasteiger partial charge in [-0.05, 0) is 29.7 Å². The second kappa shape index (κ2) is 7.21. The van der Waals surface area contributed by atoms with Gasteiger partial charge in [-0.1, -0.05) is 51.6 Å². The van der Waals surface area contributed by atoms with E-state index in [4.69, 9.17) is 0 Å². The summed E-state index contributed by atoms with van der Waals surface area (Å²) in [7, 11) is 0. The van der Waals surface area contributed by atoms with Crippen molar-refractivity contribution in [2.45, 2.75) is 26.2 Å². The highest BCUT2D eigenvalue weighted by Gasteiger charge is 2.21. The molecule has 0 heterocycles. The van der Waals surface area contributed by atoms with E-state index in [0.29, 0.717) is 16.9 Å². The lowest BCUT2D eigenvalue weighted by Crippen LogP contribution is -2.18. The molecule has 0 fully saturated rings. The Morgan fingerprint density at radius 1 is 1.00 bits per heavy atom. The van der Waals surface area contributed by atoms with Gasteiger partial charge in [-0.15, -0.1) is 0 Å². The Labute approximate surface area is 147 Å². The Kier molecular flexibility index (Phi) is 5.27. The van der Waals surface area contributed by atoms with Crippen LogP contribution >= 0.6 is 0 Å². The van der Waals surface area contributed by atoms with Crippen molar-refractivity contribution in [2.75, 3.05) is 10.6 Å². The van der Waals surface area contributed by atoms with Crippen LogP contribution in [0.3, 0.4) is 0 Å². The second-order valence-corrected chi connectivity index (χ2v) is 6.64. The maximum absolute atomic E-state index is 12.6. The molecule has 0 radical (unpaired) electrons. The van der Waals surface area contributed by atoms with E-state index in [0.717, 1.165) is 11.6 Å². The van der Waals surface area contributed by atoms with Gasteiger partial charge in [0.25, 0.3) is 5.91 Å². The number of hydrogen-bond acceptors (Lipinski definition) is 3. The molecule has 5 nitrogen and oxygen atoms in total. The minimum Gasteiger partial charge on any atom is -0.505 e. The van der Waals surface area contributed by atoms with Crippen LogP contribution in [-0.2, 0) is 10.2 Å². The van der Waals surface area contributed by atoms with E-state index in [-0.39, 0.29) is 11.2 Å². The molecule has 0 aromatic heterocycles. The minimum absolute atomic E-state index is 0.0379. The number of para-hydroxylation sites is 2. The van der Waals surface area contributed by atoms with Crippen LogP contribution in [0.1, 0.15) is 36.7 Å². The number of aromatic hydroxyl groups is 1. The molecule has 5 heteroatoms. The zero-order valence-electron chi connectivity index (χ0n) is 14.6. The Morgan fingerprint density at radius 2 is 1.64 bits per heavy atom. The monoisotopic (exact) mass is 338 g/mol. The molecule has 0 aliphatic heterocycles. The zero-order valence-corrected chi connectivity index (χ0v) is 14.6. The van der Waals surface area contributed by atoms with Gasteiger partial charge in [-0.3, -0.25) is 9.59 Å². The second-order valence-electron chi connectivity index (χ2n) is 6.64. The fraction of sp³-hybridized carbons (Fsp3) is 0.200. The van der Waals surface area contributed by atoms with Crippen LogP contribution < -0.4 is 10.6 Å². The summed E-state index contributed by atoms with van der Waals surface area (Å²) in [6.07, 6.45) is 1.13. The number of phenolic OH excluding ortho intramolecular Hbond substituents is 1. The first-order valence-electron chi connectivity index (χ1n) is 7.90. The number of amides is 2. The smallest absolute Gasteiger partial charge is 0.257 e. The molecular formula is C20H22N2O3. The van der Waals surface area contributed by atoms with Gasteiger partial charge in [-0.25, -0.2) is 0 Å². The van der Waals surface area contributed by atoms with E-state index >= 15 is 0 Å². The highest BCUT2D eigenvalue weighted by Crippen LogP contribution is 2.36. The summed E-state index contributed by atoms with van der Waals surface area (Å²) in [5.74, 6) is -0.796. The number of hydrogen-bond donors (Lipinski definition) is 3. The van der Waals surface area contributed by atoms with E-state index in [1.165, 1.54) is 0 Å². The summed E-state index contributed by atoms with van der Waals surface area (Å²) in [6.45, 7) is 9.34. The van der Waals surface area contributed by atoms with Crippen molar-refractivity contribution in [2.24, 2.45) is 0 Å². The first-order valence-corrected chi connectivity index (χ1v) is 7.90. The number of carbonyl (C=O) groups excluding carboxylic acids is 2. The lowest BCUT2D eigenvalue weighted by atomic mass is 9.86. The molecule has 2 aromatic carbocycles. The number of carbonyl (C=O) groups is 2. The van der Waals surface area contributed by atoms with Crippen LogP contribution in [0.5, 0.6) is 5.75 Å². The average molecular weight is 338 g/mol. The normalized spacial score (nSPS) is 10.8. The third kappa shape index (κ3) is 4.26. The number of phenols is 1. The number of nitrogens with one attached hydrogen (secondary N) is 2. The Hall–Kier alpha value is -3.08. The van der Waals surface area contributed by atoms with Gasteiger partial charge in [0.2, 0.25) is 5.91 Å². The van der Waals surface area contributed by atoms with Crippen LogP contribution in [0, 0.1) is 0 Å². The topological polar surface area (TPSA) is 78.4 Å². The summed E-state index contributed by atoms with van der Waals surface area (Å²) in [5.41, 5.74) is 1.45. The standard InChI is InChI=1S/C20H22N2O3/c1-5-17(23)21-15-11-7-6-9-13(15)19(25)22-16-12-8-10-14(18(16)24)20(2,3)4/h5-12,24H,1H2,2-4H3,(H,21,23)(H,22,25). The minimum atomic E-state index is -0.429. The summed E-state index contributed by atoms with van der Waals surface area (Å²) in [6, 6.07) is 11.9. The van der Waals surface area contributed by atoms with Crippen molar-refractivity contribution < 1.29 is 14.7 Å². The van der Waals surface area contributed by atoms with E-state index in [2.05, 4.69) is 17.2 Å². The lowest BCUT2D eigenvalue weighted by molar-refractivity contribution is -0.111. The molecule has 2 rings (SSSR count). The Balaban J connectivity index is 2.33. The first-order chi connectivity index (χ1) is 11.7. The first kappa shape index (κ1) is 18.3. The molecule has 2 amide bonds. The number of anilines is 2. The summed E-state index contributed by atoms with van der Waals surface area (Å²) in [5, 5.41) is 15.8. The molecule has 130 valence electrons. The highest BCUT2D eigenvalue weighted by atomic mass is 16.3. The molecule has 0 saturated heterocycles. The molecule has 0 unspecified atom stereocenters. The van der Waals surface area contributed by atoms with Crippen molar-refractivity contribution in [3.05, 3.63) is 66.2 Å². The van der Waals surface area contributed by atoms with Crippen LogP contribution in [0.4, 0.5) is 11.4 Å². The van der Waals surface area contributed by atoms with Gasteiger partial charge >= 0.3 is 0 Å². The van der Waals surface area contributed by atoms with Gasteiger partial charge in [-0.2, -0.15) is 0 Å². The van der Waals surface area contributed by atoms with E-state index in [1.54, 1.807) is 36.4 Å². The van der Waals surface area contributed by atoms with Crippen molar-refractivity contribution in [1.29, 1.82) is 0 Å². The highest BCUT2D eigenvalue weighted by molar-refractivity contribution is 6.11. The molecule has 0 atom stereocenters. The van der Waals surface area contributed by atoms with Crippen molar-refractivity contribution in [3.8, 4) is 5.75 Å². The maximum atomic E-state index is 12.6. The van der Waals surface area contributed by atoms with E-state index in [1.807, 2.05) is 26.8 Å². The molecular weight excluding hydrogens is 316 g/mol. The molecule has 0 spiro atoms. The Morgan fingerprint density at radius 3 is 2.28 bits per heavy atom. The van der Waals surface area contributed by atoms with Crippen LogP contribution in [0.15, 0.2) is 55.1 Å². The van der Waals surface area contributed by atoms with Crippen molar-refractivity contribution in [3.63, 3.8) is 0 Å². The number of rotatable bonds is 4. The van der Waals surface area contributed by atoms with Gasteiger partial charge in [0.15, 0.2) is 0 Å². The van der Waals surface area contributed by atoms with Crippen LogP contribution in [0.25, 0.3) is 0 Å². The molecule has 0 saturated carbocycles. The van der Waals surface area contributed by atoms with Crippen molar-refractivity contribution in [1.82, 2.24) is 0 Å². The predicted molar refractivity (Wildman–Crippen MR) is 100 cm³/mol. The van der Waals surface area contributed by atoms with Crippen molar-refractivity contribution >= 4 is 23.2 Å². The zero-order chi connectivity index (χ0) is 18.6. The summed E-state index contributed by atoms with van der Waals surface area (Å²) in [4.78, 5) is 24.1. The third-order valence-electron chi connectivity index (χ3n) is 3.71. The lowest BCUT2D eigenvalue weighted by Gasteiger charge is -2.22.